The molecule has 1 aromatic carbocycles. The molecule has 2 aliphatic rings. The average Bonchev–Trinajstić information content (AvgIpc) is 3.11. The summed E-state index contributed by atoms with van der Waals surface area (Å²) in [7, 11) is 0. The molecule has 2 unspecified atom stereocenters. The van der Waals surface area contributed by atoms with Crippen LogP contribution in [0.5, 0.6) is 5.75 Å². The molecule has 20 heavy (non-hydrogen) atoms. The molecular weight excluding hydrogens is 278 g/mol. The van der Waals surface area contributed by atoms with Gasteiger partial charge < -0.3 is 15.2 Å². The van der Waals surface area contributed by atoms with Crippen molar-refractivity contribution in [1.29, 1.82) is 0 Å². The van der Waals surface area contributed by atoms with Crippen molar-refractivity contribution in [2.75, 3.05) is 13.2 Å². The predicted molar refractivity (Wildman–Crippen MR) is 76.2 cm³/mol. The van der Waals surface area contributed by atoms with E-state index in [1.165, 1.54) is 12.8 Å². The SMILES string of the molecule is O=C(O)C1CNC(c2ccc(OCC3CC3)c(Cl)c2)C1. The summed E-state index contributed by atoms with van der Waals surface area (Å²) in [5, 5.41) is 12.9. The first kappa shape index (κ1) is 13.7. The van der Waals surface area contributed by atoms with Gasteiger partial charge in [-0.1, -0.05) is 17.7 Å². The second kappa shape index (κ2) is 5.62. The summed E-state index contributed by atoms with van der Waals surface area (Å²) < 4.78 is 5.69. The zero-order valence-electron chi connectivity index (χ0n) is 11.1. The van der Waals surface area contributed by atoms with Crippen LogP contribution in [0.4, 0.5) is 0 Å². The Balaban J connectivity index is 1.65. The van der Waals surface area contributed by atoms with Gasteiger partial charge in [0.05, 0.1) is 17.5 Å². The predicted octanol–water partition coefficient (Wildman–Crippen LogP) is 2.86. The van der Waals surface area contributed by atoms with E-state index < -0.39 is 5.97 Å². The van der Waals surface area contributed by atoms with Crippen LogP contribution >= 0.6 is 11.6 Å². The number of aliphatic carboxylic acids is 1. The van der Waals surface area contributed by atoms with E-state index in [9.17, 15) is 4.79 Å². The third-order valence-electron chi connectivity index (χ3n) is 4.01. The molecule has 0 aromatic heterocycles. The van der Waals surface area contributed by atoms with Gasteiger partial charge in [0.1, 0.15) is 5.75 Å². The molecule has 0 amide bonds. The number of halogens is 1. The number of carboxylic acids is 1. The summed E-state index contributed by atoms with van der Waals surface area (Å²) in [5.41, 5.74) is 1.03. The van der Waals surface area contributed by atoms with E-state index in [0.29, 0.717) is 23.9 Å². The van der Waals surface area contributed by atoms with Gasteiger partial charge in [-0.2, -0.15) is 0 Å². The van der Waals surface area contributed by atoms with Crippen LogP contribution in [0.3, 0.4) is 0 Å². The molecule has 0 radical (unpaired) electrons. The van der Waals surface area contributed by atoms with Crippen molar-refractivity contribution in [1.82, 2.24) is 5.32 Å². The van der Waals surface area contributed by atoms with Crippen LogP contribution < -0.4 is 10.1 Å². The molecule has 2 fully saturated rings. The van der Waals surface area contributed by atoms with Gasteiger partial charge in [0.15, 0.2) is 0 Å². The summed E-state index contributed by atoms with van der Waals surface area (Å²) in [4.78, 5) is 11.0. The van der Waals surface area contributed by atoms with Crippen molar-refractivity contribution in [2.24, 2.45) is 11.8 Å². The van der Waals surface area contributed by atoms with Crippen LogP contribution in [0.15, 0.2) is 18.2 Å². The topological polar surface area (TPSA) is 58.6 Å². The van der Waals surface area contributed by atoms with Crippen LogP contribution in [-0.4, -0.2) is 24.2 Å². The summed E-state index contributed by atoms with van der Waals surface area (Å²) >= 11 is 6.24. The highest BCUT2D eigenvalue weighted by Gasteiger charge is 2.30. The molecule has 108 valence electrons. The lowest BCUT2D eigenvalue weighted by Crippen LogP contribution is -2.17. The molecule has 0 bridgehead atoms. The number of hydrogen-bond acceptors (Lipinski definition) is 3. The van der Waals surface area contributed by atoms with Gasteiger partial charge in [-0.3, -0.25) is 4.79 Å². The number of nitrogens with one attached hydrogen (secondary N) is 1. The maximum absolute atomic E-state index is 11.0. The number of hydrogen-bond donors (Lipinski definition) is 2. The third-order valence-corrected chi connectivity index (χ3v) is 4.31. The fourth-order valence-electron chi connectivity index (χ4n) is 2.52. The van der Waals surface area contributed by atoms with Crippen LogP contribution in [0.1, 0.15) is 30.9 Å². The van der Waals surface area contributed by atoms with Crippen LogP contribution in [0, 0.1) is 11.8 Å². The van der Waals surface area contributed by atoms with Gasteiger partial charge in [-0.25, -0.2) is 0 Å². The number of benzene rings is 1. The third kappa shape index (κ3) is 3.07. The van der Waals surface area contributed by atoms with Crippen molar-refractivity contribution in [3.05, 3.63) is 28.8 Å². The van der Waals surface area contributed by atoms with Crippen molar-refractivity contribution in [3.63, 3.8) is 0 Å². The number of carbonyl (C=O) groups is 1. The van der Waals surface area contributed by atoms with E-state index in [2.05, 4.69) is 5.32 Å². The molecule has 1 saturated heterocycles. The Morgan fingerprint density at radius 3 is 2.85 bits per heavy atom. The van der Waals surface area contributed by atoms with Crippen LogP contribution in [-0.2, 0) is 4.79 Å². The monoisotopic (exact) mass is 295 g/mol. The minimum atomic E-state index is -0.740. The molecule has 3 rings (SSSR count). The first-order valence-electron chi connectivity index (χ1n) is 7.02. The van der Waals surface area contributed by atoms with Gasteiger partial charge in [0.25, 0.3) is 0 Å². The largest absolute Gasteiger partial charge is 0.492 e. The Hall–Kier alpha value is -1.26. The van der Waals surface area contributed by atoms with E-state index in [0.717, 1.165) is 17.9 Å². The molecule has 1 aliphatic carbocycles. The standard InChI is InChI=1S/C15H18ClNO3/c16-12-5-10(13-6-11(7-17-13)15(18)19)3-4-14(12)20-8-9-1-2-9/h3-5,9,11,13,17H,1-2,6-8H2,(H,18,19). The zero-order valence-corrected chi connectivity index (χ0v) is 11.9. The van der Waals surface area contributed by atoms with Crippen molar-refractivity contribution in [2.45, 2.75) is 25.3 Å². The second-order valence-electron chi connectivity index (χ2n) is 5.68. The average molecular weight is 296 g/mol. The number of rotatable bonds is 5. The van der Waals surface area contributed by atoms with Crippen molar-refractivity contribution in [3.8, 4) is 5.75 Å². The lowest BCUT2D eigenvalue weighted by atomic mass is 10.00. The van der Waals surface area contributed by atoms with Crippen molar-refractivity contribution < 1.29 is 14.6 Å². The zero-order chi connectivity index (χ0) is 14.1. The number of ether oxygens (including phenoxy) is 1. The van der Waals surface area contributed by atoms with Crippen molar-refractivity contribution >= 4 is 17.6 Å². The Morgan fingerprint density at radius 2 is 2.25 bits per heavy atom. The fraction of sp³-hybridized carbons (Fsp3) is 0.533. The number of carboxylic acid groups (broad SMARTS) is 1. The highest BCUT2D eigenvalue weighted by molar-refractivity contribution is 6.32. The maximum Gasteiger partial charge on any atom is 0.307 e. The molecule has 5 heteroatoms. The highest BCUT2D eigenvalue weighted by Crippen LogP contribution is 2.34. The van der Waals surface area contributed by atoms with Crippen LogP contribution in [0.25, 0.3) is 0 Å². The smallest absolute Gasteiger partial charge is 0.307 e. The van der Waals surface area contributed by atoms with E-state index in [-0.39, 0.29) is 12.0 Å². The molecule has 1 heterocycles. The lowest BCUT2D eigenvalue weighted by molar-refractivity contribution is -0.141. The summed E-state index contributed by atoms with van der Waals surface area (Å²) in [6, 6.07) is 5.79. The molecule has 2 N–H and O–H groups in total. The van der Waals surface area contributed by atoms with Gasteiger partial charge in [0, 0.05) is 12.6 Å². The van der Waals surface area contributed by atoms with Crippen LogP contribution in [0.2, 0.25) is 5.02 Å². The summed E-state index contributed by atoms with van der Waals surface area (Å²) in [6.07, 6.45) is 3.10. The Bertz CT molecular complexity index is 516. The first-order valence-corrected chi connectivity index (χ1v) is 7.39. The minimum absolute atomic E-state index is 0.0612. The van der Waals surface area contributed by atoms with E-state index in [4.69, 9.17) is 21.4 Å². The molecule has 1 saturated carbocycles. The molecular formula is C15H18ClNO3. The highest BCUT2D eigenvalue weighted by atomic mass is 35.5. The quantitative estimate of drug-likeness (QED) is 0.877. The summed E-state index contributed by atoms with van der Waals surface area (Å²) in [6.45, 7) is 1.25. The van der Waals surface area contributed by atoms with Gasteiger partial charge in [-0.15, -0.1) is 0 Å². The molecule has 1 aromatic rings. The normalized spacial score (nSPS) is 25.6. The molecule has 2 atom stereocenters. The van der Waals surface area contributed by atoms with Gasteiger partial charge in [-0.05, 0) is 42.9 Å². The molecule has 1 aliphatic heterocycles. The molecule has 0 spiro atoms. The first-order chi connectivity index (χ1) is 9.63. The molecule has 4 nitrogen and oxygen atoms in total. The van der Waals surface area contributed by atoms with E-state index in [1.807, 2.05) is 18.2 Å². The Labute approximate surface area is 123 Å². The lowest BCUT2D eigenvalue weighted by Gasteiger charge is -2.13. The maximum atomic E-state index is 11.0. The minimum Gasteiger partial charge on any atom is -0.492 e. The Kier molecular flexibility index (Phi) is 3.85. The van der Waals surface area contributed by atoms with Gasteiger partial charge >= 0.3 is 5.97 Å². The van der Waals surface area contributed by atoms with E-state index in [1.54, 1.807) is 0 Å². The summed E-state index contributed by atoms with van der Waals surface area (Å²) in [5.74, 6) is 0.355. The Morgan fingerprint density at radius 1 is 1.45 bits per heavy atom. The fourth-order valence-corrected chi connectivity index (χ4v) is 2.76. The van der Waals surface area contributed by atoms with E-state index >= 15 is 0 Å². The second-order valence-corrected chi connectivity index (χ2v) is 6.08. The van der Waals surface area contributed by atoms with Gasteiger partial charge in [0.2, 0.25) is 0 Å².